The van der Waals surface area contributed by atoms with Crippen molar-refractivity contribution in [1.82, 2.24) is 0 Å². The van der Waals surface area contributed by atoms with Gasteiger partial charge in [0.1, 0.15) is 34.5 Å². The van der Waals surface area contributed by atoms with E-state index in [4.69, 9.17) is 37.9 Å². The molecule has 14 nitrogen and oxygen atoms in total. The van der Waals surface area contributed by atoms with Gasteiger partial charge in [-0.2, -0.15) is 0 Å². The highest BCUT2D eigenvalue weighted by atomic mass is 16.6. The first-order chi connectivity index (χ1) is 32.7. The van der Waals surface area contributed by atoms with Crippen molar-refractivity contribution < 1.29 is 66.7 Å². The molecular formula is C54H60O14. The summed E-state index contributed by atoms with van der Waals surface area (Å²) >= 11 is 0. The van der Waals surface area contributed by atoms with Crippen LogP contribution in [0.2, 0.25) is 0 Å². The standard InChI is InChI=1S/C54H60O14/c1-6-47(55)63-36-14-10-8-12-34-61-40-20-16-38(17-21-40)49(57)65-42-24-26-44(27-25-42)67-51(59)46-32-33-54(5,53(46,3)4)52(60)68-45-30-28-43(29-31-45)66-50(58)39-18-22-41(23-19-39)62-35-13-9-11-15-37-64-48(56)7-2/h6-7,16-31,46H,1-2,8-15,32-37H2,3-5H3/t46-,54+/m1/s1. The summed E-state index contributed by atoms with van der Waals surface area (Å²) in [7, 11) is 0. The largest absolute Gasteiger partial charge is 0.494 e. The Balaban J connectivity index is 1.01. The van der Waals surface area contributed by atoms with E-state index in [0.717, 1.165) is 63.5 Å². The van der Waals surface area contributed by atoms with Crippen molar-refractivity contribution in [3.63, 3.8) is 0 Å². The van der Waals surface area contributed by atoms with E-state index in [2.05, 4.69) is 13.2 Å². The van der Waals surface area contributed by atoms with Crippen LogP contribution in [-0.2, 0) is 28.7 Å². The fourth-order valence-electron chi connectivity index (χ4n) is 7.50. The van der Waals surface area contributed by atoms with Crippen LogP contribution >= 0.6 is 0 Å². The third-order valence-corrected chi connectivity index (χ3v) is 12.1. The summed E-state index contributed by atoms with van der Waals surface area (Å²) in [5.41, 5.74) is -1.21. The van der Waals surface area contributed by atoms with Gasteiger partial charge in [-0.15, -0.1) is 0 Å². The van der Waals surface area contributed by atoms with Gasteiger partial charge in [0.15, 0.2) is 0 Å². The Morgan fingerprint density at radius 1 is 0.485 bits per heavy atom. The zero-order valence-electron chi connectivity index (χ0n) is 39.0. The number of rotatable bonds is 26. The number of carbonyl (C=O) groups excluding carboxylic acids is 6. The summed E-state index contributed by atoms with van der Waals surface area (Å²) < 4.78 is 44.1. The molecule has 0 unspecified atom stereocenters. The van der Waals surface area contributed by atoms with E-state index in [1.165, 1.54) is 48.5 Å². The highest BCUT2D eigenvalue weighted by Gasteiger charge is 2.59. The van der Waals surface area contributed by atoms with Crippen molar-refractivity contribution in [1.29, 1.82) is 0 Å². The molecule has 4 aromatic rings. The molecule has 5 rings (SSSR count). The minimum atomic E-state index is -1.03. The Morgan fingerprint density at radius 2 is 0.838 bits per heavy atom. The molecule has 0 amide bonds. The van der Waals surface area contributed by atoms with Gasteiger partial charge in [-0.05, 0) is 174 Å². The number of ether oxygens (including phenoxy) is 8. The van der Waals surface area contributed by atoms with Crippen LogP contribution in [-0.4, -0.2) is 62.2 Å². The molecule has 1 aliphatic carbocycles. The Hall–Kier alpha value is -7.22. The summed E-state index contributed by atoms with van der Waals surface area (Å²) in [4.78, 5) is 75.1. The molecule has 0 aromatic heterocycles. The van der Waals surface area contributed by atoms with Crippen LogP contribution in [0.1, 0.15) is 106 Å². The van der Waals surface area contributed by atoms with Gasteiger partial charge in [0.05, 0.1) is 48.9 Å². The molecule has 0 N–H and O–H groups in total. The highest BCUT2D eigenvalue weighted by Crippen LogP contribution is 2.57. The minimum Gasteiger partial charge on any atom is -0.494 e. The summed E-state index contributed by atoms with van der Waals surface area (Å²) in [6.07, 6.45) is 9.93. The second kappa shape index (κ2) is 25.6. The highest BCUT2D eigenvalue weighted by molar-refractivity contribution is 5.92. The molecule has 0 bridgehead atoms. The van der Waals surface area contributed by atoms with E-state index in [9.17, 15) is 28.8 Å². The van der Waals surface area contributed by atoms with E-state index >= 15 is 0 Å². The number of carbonyl (C=O) groups is 6. The normalized spacial score (nSPS) is 15.8. The number of benzene rings is 4. The minimum absolute atomic E-state index is 0.254. The summed E-state index contributed by atoms with van der Waals surface area (Å²) in [5, 5.41) is 0. The fourth-order valence-corrected chi connectivity index (χ4v) is 7.50. The second-order valence-corrected chi connectivity index (χ2v) is 17.0. The van der Waals surface area contributed by atoms with Gasteiger partial charge in [-0.25, -0.2) is 19.2 Å². The van der Waals surface area contributed by atoms with Crippen molar-refractivity contribution in [2.24, 2.45) is 16.7 Å². The van der Waals surface area contributed by atoms with E-state index in [1.807, 2.05) is 13.8 Å². The molecule has 0 spiro atoms. The predicted molar refractivity (Wildman–Crippen MR) is 252 cm³/mol. The van der Waals surface area contributed by atoms with Gasteiger partial charge in [0, 0.05) is 12.2 Å². The lowest BCUT2D eigenvalue weighted by Gasteiger charge is -2.38. The molecule has 1 aliphatic rings. The Morgan fingerprint density at radius 3 is 1.24 bits per heavy atom. The summed E-state index contributed by atoms with van der Waals surface area (Å²) in [6, 6.07) is 25.5. The number of hydrogen-bond donors (Lipinski definition) is 0. The van der Waals surface area contributed by atoms with Crippen LogP contribution in [0.3, 0.4) is 0 Å². The number of esters is 6. The average molecular weight is 933 g/mol. The van der Waals surface area contributed by atoms with E-state index in [1.54, 1.807) is 55.5 Å². The lowest BCUT2D eigenvalue weighted by Crippen LogP contribution is -2.45. The number of hydrogen-bond acceptors (Lipinski definition) is 14. The number of unbranched alkanes of at least 4 members (excludes halogenated alkanes) is 6. The molecule has 0 saturated heterocycles. The van der Waals surface area contributed by atoms with E-state index < -0.39 is 52.6 Å². The quantitative estimate of drug-likeness (QED) is 0.0251. The second-order valence-electron chi connectivity index (χ2n) is 17.0. The summed E-state index contributed by atoms with van der Waals surface area (Å²) in [6.45, 7) is 14.0. The van der Waals surface area contributed by atoms with Gasteiger partial charge in [-0.3, -0.25) is 9.59 Å². The molecule has 0 aliphatic heterocycles. The molecule has 14 heteroatoms. The lowest BCUT2D eigenvalue weighted by molar-refractivity contribution is -0.154. The van der Waals surface area contributed by atoms with Crippen LogP contribution in [0, 0.1) is 16.7 Å². The predicted octanol–water partition coefficient (Wildman–Crippen LogP) is 10.4. The molecule has 0 heterocycles. The van der Waals surface area contributed by atoms with Crippen molar-refractivity contribution >= 4 is 35.8 Å². The van der Waals surface area contributed by atoms with Crippen LogP contribution in [0.15, 0.2) is 122 Å². The van der Waals surface area contributed by atoms with Crippen LogP contribution in [0.25, 0.3) is 0 Å². The topological polar surface area (TPSA) is 176 Å². The van der Waals surface area contributed by atoms with Crippen molar-refractivity contribution in [2.45, 2.75) is 85.0 Å². The van der Waals surface area contributed by atoms with Gasteiger partial charge < -0.3 is 37.9 Å². The fraction of sp³-hybridized carbons (Fsp3) is 0.370. The van der Waals surface area contributed by atoms with Gasteiger partial charge >= 0.3 is 35.8 Å². The van der Waals surface area contributed by atoms with Crippen LogP contribution in [0.5, 0.6) is 34.5 Å². The molecular weight excluding hydrogens is 873 g/mol. The molecule has 2 atom stereocenters. The smallest absolute Gasteiger partial charge is 0.343 e. The third kappa shape index (κ3) is 15.2. The lowest BCUT2D eigenvalue weighted by atomic mass is 9.65. The monoisotopic (exact) mass is 932 g/mol. The molecule has 1 saturated carbocycles. The molecule has 1 fully saturated rings. The SMILES string of the molecule is C=CC(=O)OCCCCCCOc1ccc(C(=O)Oc2ccc(OC(=O)[C@H]3CC[C@@](C)(C(=O)Oc4ccc(OC(=O)c5ccc(OCCCCCCOC(=O)C=C)cc5)cc4)C3(C)C)cc2)cc1. The average Bonchev–Trinajstić information content (AvgIpc) is 3.59. The third-order valence-electron chi connectivity index (χ3n) is 12.1. The van der Waals surface area contributed by atoms with Crippen LogP contribution < -0.4 is 28.4 Å². The van der Waals surface area contributed by atoms with Crippen molar-refractivity contribution in [3.05, 3.63) is 133 Å². The van der Waals surface area contributed by atoms with Crippen LogP contribution in [0.4, 0.5) is 0 Å². The maximum atomic E-state index is 13.7. The van der Waals surface area contributed by atoms with E-state index in [0.29, 0.717) is 61.9 Å². The molecule has 0 radical (unpaired) electrons. The van der Waals surface area contributed by atoms with Gasteiger partial charge in [0.25, 0.3) is 0 Å². The Kier molecular flexibility index (Phi) is 19.5. The first kappa shape index (κ1) is 51.8. The Bertz CT molecular complexity index is 2330. The molecule has 4 aromatic carbocycles. The zero-order chi connectivity index (χ0) is 48.9. The first-order valence-electron chi connectivity index (χ1n) is 22.8. The maximum Gasteiger partial charge on any atom is 0.343 e. The summed E-state index contributed by atoms with van der Waals surface area (Å²) in [5.74, 6) is -1.31. The first-order valence-corrected chi connectivity index (χ1v) is 22.8. The molecule has 360 valence electrons. The molecule has 68 heavy (non-hydrogen) atoms. The maximum absolute atomic E-state index is 13.7. The van der Waals surface area contributed by atoms with Gasteiger partial charge in [0.2, 0.25) is 0 Å². The Labute approximate surface area is 397 Å². The van der Waals surface area contributed by atoms with E-state index in [-0.39, 0.29) is 23.0 Å². The van der Waals surface area contributed by atoms with Gasteiger partial charge in [-0.1, -0.05) is 27.0 Å². The van der Waals surface area contributed by atoms with Crippen molar-refractivity contribution in [3.8, 4) is 34.5 Å². The van der Waals surface area contributed by atoms with Crippen molar-refractivity contribution in [2.75, 3.05) is 26.4 Å². The zero-order valence-corrected chi connectivity index (χ0v) is 39.0.